The van der Waals surface area contributed by atoms with Gasteiger partial charge >= 0.3 is 0 Å². The van der Waals surface area contributed by atoms with Gasteiger partial charge < -0.3 is 10.3 Å². The molecule has 2 aliphatic carbocycles. The van der Waals surface area contributed by atoms with Gasteiger partial charge in [0.25, 0.3) is 5.91 Å². The highest BCUT2D eigenvalue weighted by Gasteiger charge is 2.36. The molecular formula is C20H24Cl2N2O. The normalized spacial score (nSPS) is 20.9. The van der Waals surface area contributed by atoms with Crippen molar-refractivity contribution in [2.45, 2.75) is 63.8 Å². The van der Waals surface area contributed by atoms with E-state index in [9.17, 15) is 4.79 Å². The summed E-state index contributed by atoms with van der Waals surface area (Å²) >= 11 is 12.3. The predicted molar refractivity (Wildman–Crippen MR) is 104 cm³/mol. The fraction of sp³-hybridized carbons (Fsp3) is 0.550. The molecule has 0 radical (unpaired) electrons. The van der Waals surface area contributed by atoms with Crippen LogP contribution in [0.5, 0.6) is 0 Å². The molecule has 2 aromatic rings. The Kier molecular flexibility index (Phi) is 4.72. The summed E-state index contributed by atoms with van der Waals surface area (Å²) in [6.07, 6.45) is 11.6. The first-order chi connectivity index (χ1) is 12.0. The summed E-state index contributed by atoms with van der Waals surface area (Å²) in [4.78, 5) is 15.8. The molecule has 0 unspecified atom stereocenters. The van der Waals surface area contributed by atoms with E-state index < -0.39 is 0 Å². The molecular weight excluding hydrogens is 355 g/mol. The SMILES string of the molecule is O=C(NC1CCC2(CCCCC2)CC1)c1cc2c(Cl)cc(Cl)cc2[nH]1. The molecule has 2 fully saturated rings. The summed E-state index contributed by atoms with van der Waals surface area (Å²) in [7, 11) is 0. The second kappa shape index (κ2) is 6.85. The van der Waals surface area contributed by atoms with E-state index in [1.54, 1.807) is 12.1 Å². The van der Waals surface area contributed by atoms with E-state index in [4.69, 9.17) is 23.2 Å². The number of carbonyl (C=O) groups is 1. The van der Waals surface area contributed by atoms with Gasteiger partial charge in [-0.3, -0.25) is 4.79 Å². The van der Waals surface area contributed by atoms with Gasteiger partial charge in [-0.1, -0.05) is 42.5 Å². The maximum atomic E-state index is 12.6. The fourth-order valence-electron chi connectivity index (χ4n) is 4.72. The molecule has 134 valence electrons. The van der Waals surface area contributed by atoms with Crippen LogP contribution < -0.4 is 5.32 Å². The van der Waals surface area contributed by atoms with Crippen LogP contribution in [0.25, 0.3) is 10.9 Å². The van der Waals surface area contributed by atoms with Gasteiger partial charge in [0, 0.05) is 22.0 Å². The molecule has 2 N–H and O–H groups in total. The number of H-pyrrole nitrogens is 1. The van der Waals surface area contributed by atoms with Crippen LogP contribution in [0.2, 0.25) is 10.0 Å². The lowest BCUT2D eigenvalue weighted by Gasteiger charge is -2.43. The predicted octanol–water partition coefficient (Wildman–Crippen LogP) is 6.10. The molecule has 1 spiro atoms. The molecule has 3 nitrogen and oxygen atoms in total. The monoisotopic (exact) mass is 378 g/mol. The molecule has 0 aliphatic heterocycles. The summed E-state index contributed by atoms with van der Waals surface area (Å²) in [6, 6.07) is 5.60. The Morgan fingerprint density at radius 2 is 1.76 bits per heavy atom. The van der Waals surface area contributed by atoms with Crippen LogP contribution in [-0.4, -0.2) is 16.9 Å². The standard InChI is InChI=1S/C20H24Cl2N2O/c21-13-10-16(22)15-12-18(24-17(15)11-13)19(25)23-14-4-8-20(9-5-14)6-2-1-3-7-20/h10-12,14,24H,1-9H2,(H,23,25). The molecule has 1 heterocycles. The number of amides is 1. The first kappa shape index (κ1) is 17.2. The topological polar surface area (TPSA) is 44.9 Å². The lowest BCUT2D eigenvalue weighted by Crippen LogP contribution is -2.41. The lowest BCUT2D eigenvalue weighted by atomic mass is 9.64. The van der Waals surface area contributed by atoms with Crippen LogP contribution >= 0.6 is 23.2 Å². The molecule has 1 aromatic carbocycles. The third-order valence-electron chi connectivity index (χ3n) is 6.19. The number of aromatic nitrogens is 1. The molecule has 0 bridgehead atoms. The number of carbonyl (C=O) groups excluding carboxylic acids is 1. The van der Waals surface area contributed by atoms with Gasteiger partial charge in [0.15, 0.2) is 0 Å². The van der Waals surface area contributed by atoms with Crippen molar-refractivity contribution in [3.8, 4) is 0 Å². The number of hydrogen-bond donors (Lipinski definition) is 2. The van der Waals surface area contributed by atoms with E-state index in [2.05, 4.69) is 10.3 Å². The van der Waals surface area contributed by atoms with Gasteiger partial charge in [0.2, 0.25) is 0 Å². The first-order valence-electron chi connectivity index (χ1n) is 9.33. The number of hydrogen-bond acceptors (Lipinski definition) is 1. The minimum absolute atomic E-state index is 0.0482. The Bertz CT molecular complexity index is 782. The average Bonchev–Trinajstić information content (AvgIpc) is 3.02. The molecule has 1 amide bonds. The maximum absolute atomic E-state index is 12.6. The Hall–Kier alpha value is -1.19. The van der Waals surface area contributed by atoms with Crippen molar-refractivity contribution in [2.24, 2.45) is 5.41 Å². The van der Waals surface area contributed by atoms with E-state index in [1.807, 2.05) is 6.07 Å². The third-order valence-corrected chi connectivity index (χ3v) is 6.72. The number of fused-ring (bicyclic) bond motifs is 1. The van der Waals surface area contributed by atoms with E-state index in [1.165, 1.54) is 44.9 Å². The second-order valence-electron chi connectivity index (χ2n) is 7.84. The first-order valence-corrected chi connectivity index (χ1v) is 10.1. The quantitative estimate of drug-likeness (QED) is 0.651. The van der Waals surface area contributed by atoms with Crippen LogP contribution in [0.15, 0.2) is 18.2 Å². The van der Waals surface area contributed by atoms with E-state index in [0.29, 0.717) is 21.2 Å². The molecule has 0 saturated heterocycles. The minimum Gasteiger partial charge on any atom is -0.350 e. The van der Waals surface area contributed by atoms with Gasteiger partial charge in [-0.2, -0.15) is 0 Å². The fourth-order valence-corrected chi connectivity index (χ4v) is 5.27. The Morgan fingerprint density at radius 3 is 2.48 bits per heavy atom. The molecule has 2 saturated carbocycles. The van der Waals surface area contributed by atoms with Crippen LogP contribution in [0.4, 0.5) is 0 Å². The van der Waals surface area contributed by atoms with Crippen molar-refractivity contribution in [1.82, 2.24) is 10.3 Å². The van der Waals surface area contributed by atoms with Crippen molar-refractivity contribution < 1.29 is 4.79 Å². The Labute approximate surface area is 158 Å². The third kappa shape index (κ3) is 3.54. The lowest BCUT2D eigenvalue weighted by molar-refractivity contribution is 0.0832. The number of aromatic amines is 1. The zero-order chi connectivity index (χ0) is 17.4. The van der Waals surface area contributed by atoms with Gasteiger partial charge in [0.1, 0.15) is 5.69 Å². The van der Waals surface area contributed by atoms with Crippen molar-refractivity contribution in [3.05, 3.63) is 33.9 Å². The van der Waals surface area contributed by atoms with Crippen LogP contribution in [0.3, 0.4) is 0 Å². The van der Waals surface area contributed by atoms with Crippen LogP contribution in [0, 0.1) is 5.41 Å². The highest BCUT2D eigenvalue weighted by atomic mass is 35.5. The highest BCUT2D eigenvalue weighted by Crippen LogP contribution is 2.47. The Morgan fingerprint density at radius 1 is 1.04 bits per heavy atom. The van der Waals surface area contributed by atoms with E-state index in [0.717, 1.165) is 23.7 Å². The Balaban J connectivity index is 1.42. The van der Waals surface area contributed by atoms with Gasteiger partial charge in [0.05, 0.1) is 5.02 Å². The second-order valence-corrected chi connectivity index (χ2v) is 8.68. The number of benzene rings is 1. The van der Waals surface area contributed by atoms with E-state index >= 15 is 0 Å². The molecule has 2 aliphatic rings. The van der Waals surface area contributed by atoms with Gasteiger partial charge in [-0.05, 0) is 62.1 Å². The van der Waals surface area contributed by atoms with Crippen molar-refractivity contribution in [3.63, 3.8) is 0 Å². The molecule has 25 heavy (non-hydrogen) atoms. The molecule has 4 rings (SSSR count). The average molecular weight is 379 g/mol. The van der Waals surface area contributed by atoms with Crippen molar-refractivity contribution in [1.29, 1.82) is 0 Å². The number of rotatable bonds is 2. The number of halogens is 2. The van der Waals surface area contributed by atoms with Crippen LogP contribution in [0.1, 0.15) is 68.3 Å². The van der Waals surface area contributed by atoms with Crippen molar-refractivity contribution in [2.75, 3.05) is 0 Å². The summed E-state index contributed by atoms with van der Waals surface area (Å²) in [5.41, 5.74) is 1.93. The summed E-state index contributed by atoms with van der Waals surface area (Å²) < 4.78 is 0. The molecule has 5 heteroatoms. The van der Waals surface area contributed by atoms with Gasteiger partial charge in [-0.25, -0.2) is 0 Å². The molecule has 1 aromatic heterocycles. The summed E-state index contributed by atoms with van der Waals surface area (Å²) in [5, 5.41) is 5.17. The van der Waals surface area contributed by atoms with Crippen molar-refractivity contribution >= 4 is 40.0 Å². The van der Waals surface area contributed by atoms with Gasteiger partial charge in [-0.15, -0.1) is 0 Å². The van der Waals surface area contributed by atoms with E-state index in [-0.39, 0.29) is 11.9 Å². The van der Waals surface area contributed by atoms with Crippen LogP contribution in [-0.2, 0) is 0 Å². The summed E-state index contributed by atoms with van der Waals surface area (Å²) in [6.45, 7) is 0. The number of nitrogens with one attached hydrogen (secondary N) is 2. The zero-order valence-electron chi connectivity index (χ0n) is 14.3. The molecule has 0 atom stereocenters. The maximum Gasteiger partial charge on any atom is 0.267 e. The smallest absolute Gasteiger partial charge is 0.267 e. The largest absolute Gasteiger partial charge is 0.350 e. The minimum atomic E-state index is -0.0482. The summed E-state index contributed by atoms with van der Waals surface area (Å²) in [5.74, 6) is -0.0482. The highest BCUT2D eigenvalue weighted by molar-refractivity contribution is 6.38. The zero-order valence-corrected chi connectivity index (χ0v) is 15.8.